The summed E-state index contributed by atoms with van der Waals surface area (Å²) in [5.74, 6) is 1.97. The highest BCUT2D eigenvalue weighted by molar-refractivity contribution is 5.78. The third kappa shape index (κ3) is 4.47. The minimum Gasteiger partial charge on any atom is -0.493 e. The van der Waals surface area contributed by atoms with Gasteiger partial charge in [0.05, 0.1) is 26.8 Å². The topological polar surface area (TPSA) is 50.8 Å². The Labute approximate surface area is 167 Å². The molecule has 28 heavy (non-hydrogen) atoms. The van der Waals surface area contributed by atoms with Gasteiger partial charge < -0.3 is 14.8 Å². The van der Waals surface area contributed by atoms with Crippen molar-refractivity contribution in [1.29, 1.82) is 0 Å². The molecule has 1 atom stereocenters. The number of hydrogen-bond donors (Lipinski definition) is 1. The van der Waals surface area contributed by atoms with Gasteiger partial charge in [-0.05, 0) is 41.2 Å². The molecule has 5 nitrogen and oxygen atoms in total. The first-order valence-corrected chi connectivity index (χ1v) is 9.84. The summed E-state index contributed by atoms with van der Waals surface area (Å²) in [5, 5.41) is 3.04. The van der Waals surface area contributed by atoms with Crippen LogP contribution in [-0.4, -0.2) is 44.7 Å². The Balaban J connectivity index is 1.95. The summed E-state index contributed by atoms with van der Waals surface area (Å²) in [7, 11) is 3.31. The maximum Gasteiger partial charge on any atom is 0.234 e. The number of methoxy groups -OCH3 is 2. The average Bonchev–Trinajstić information content (AvgIpc) is 2.71. The van der Waals surface area contributed by atoms with Crippen LogP contribution in [0.4, 0.5) is 0 Å². The number of amides is 1. The summed E-state index contributed by atoms with van der Waals surface area (Å²) in [5.41, 5.74) is 3.59. The predicted molar refractivity (Wildman–Crippen MR) is 111 cm³/mol. The maximum atomic E-state index is 12.5. The van der Waals surface area contributed by atoms with Crippen LogP contribution in [0.2, 0.25) is 0 Å². The Kier molecular flexibility index (Phi) is 6.57. The van der Waals surface area contributed by atoms with E-state index >= 15 is 0 Å². The molecule has 0 bridgehead atoms. The van der Waals surface area contributed by atoms with E-state index in [0.29, 0.717) is 24.8 Å². The lowest BCUT2D eigenvalue weighted by Crippen LogP contribution is -2.43. The SMILES string of the molecule is COc1cc2c(cc1OC)C(c1ccccc1)N(CC(=O)NCC(C)C)CC2. The van der Waals surface area contributed by atoms with Crippen molar-refractivity contribution in [1.82, 2.24) is 10.2 Å². The molecular weight excluding hydrogens is 352 g/mol. The van der Waals surface area contributed by atoms with E-state index in [1.807, 2.05) is 18.2 Å². The van der Waals surface area contributed by atoms with E-state index in [9.17, 15) is 4.79 Å². The number of fused-ring (bicyclic) bond motifs is 1. The maximum absolute atomic E-state index is 12.5. The van der Waals surface area contributed by atoms with Gasteiger partial charge in [-0.1, -0.05) is 44.2 Å². The van der Waals surface area contributed by atoms with E-state index in [1.54, 1.807) is 14.2 Å². The number of nitrogens with one attached hydrogen (secondary N) is 1. The molecule has 1 unspecified atom stereocenters. The molecule has 0 fully saturated rings. The van der Waals surface area contributed by atoms with Crippen LogP contribution in [0.1, 0.15) is 36.6 Å². The number of rotatable bonds is 7. The van der Waals surface area contributed by atoms with E-state index in [4.69, 9.17) is 9.47 Å². The number of benzene rings is 2. The van der Waals surface area contributed by atoms with Crippen molar-refractivity contribution < 1.29 is 14.3 Å². The van der Waals surface area contributed by atoms with Crippen LogP contribution >= 0.6 is 0 Å². The number of carbonyl (C=O) groups excluding carboxylic acids is 1. The molecule has 1 N–H and O–H groups in total. The molecule has 1 aliphatic rings. The fraction of sp³-hybridized carbons (Fsp3) is 0.435. The van der Waals surface area contributed by atoms with Gasteiger partial charge in [0, 0.05) is 13.1 Å². The van der Waals surface area contributed by atoms with Gasteiger partial charge in [0.2, 0.25) is 5.91 Å². The Morgan fingerprint density at radius 2 is 1.82 bits per heavy atom. The smallest absolute Gasteiger partial charge is 0.234 e. The summed E-state index contributed by atoms with van der Waals surface area (Å²) in [4.78, 5) is 14.8. The Morgan fingerprint density at radius 3 is 2.46 bits per heavy atom. The summed E-state index contributed by atoms with van der Waals surface area (Å²) in [6.45, 7) is 6.09. The molecule has 2 aromatic rings. The van der Waals surface area contributed by atoms with Crippen LogP contribution in [0, 0.1) is 5.92 Å². The van der Waals surface area contributed by atoms with Crippen molar-refractivity contribution in [2.75, 3.05) is 33.9 Å². The number of ether oxygens (including phenoxy) is 2. The highest BCUT2D eigenvalue weighted by Gasteiger charge is 2.31. The summed E-state index contributed by atoms with van der Waals surface area (Å²) >= 11 is 0. The number of carbonyl (C=O) groups is 1. The highest BCUT2D eigenvalue weighted by Crippen LogP contribution is 2.40. The molecule has 0 saturated heterocycles. The van der Waals surface area contributed by atoms with Crippen molar-refractivity contribution >= 4 is 5.91 Å². The zero-order valence-electron chi connectivity index (χ0n) is 17.2. The normalized spacial score (nSPS) is 16.5. The fourth-order valence-corrected chi connectivity index (χ4v) is 3.75. The molecule has 0 spiro atoms. The van der Waals surface area contributed by atoms with E-state index in [2.05, 4.69) is 48.3 Å². The van der Waals surface area contributed by atoms with Crippen LogP contribution in [0.3, 0.4) is 0 Å². The Hall–Kier alpha value is -2.53. The molecular formula is C23H30N2O3. The minimum atomic E-state index is 0.00885. The van der Waals surface area contributed by atoms with Gasteiger partial charge in [0.25, 0.3) is 0 Å². The first-order chi connectivity index (χ1) is 13.5. The van der Waals surface area contributed by atoms with Crippen molar-refractivity contribution in [3.8, 4) is 11.5 Å². The van der Waals surface area contributed by atoms with Crippen molar-refractivity contribution in [3.63, 3.8) is 0 Å². The van der Waals surface area contributed by atoms with Crippen molar-refractivity contribution in [2.45, 2.75) is 26.3 Å². The fourth-order valence-electron chi connectivity index (χ4n) is 3.75. The van der Waals surface area contributed by atoms with Gasteiger partial charge in [-0.2, -0.15) is 0 Å². The third-order valence-electron chi connectivity index (χ3n) is 5.14. The van der Waals surface area contributed by atoms with Gasteiger partial charge in [0.15, 0.2) is 11.5 Å². The standard InChI is InChI=1S/C23H30N2O3/c1-16(2)14-24-22(26)15-25-11-10-18-12-20(27-3)21(28-4)13-19(18)23(25)17-8-6-5-7-9-17/h5-9,12-13,16,23H,10-11,14-15H2,1-4H3,(H,24,26). The molecule has 5 heteroatoms. The molecule has 0 saturated carbocycles. The molecule has 0 radical (unpaired) electrons. The molecule has 1 heterocycles. The van der Waals surface area contributed by atoms with Gasteiger partial charge in [-0.3, -0.25) is 9.69 Å². The van der Waals surface area contributed by atoms with Crippen molar-refractivity contribution in [3.05, 3.63) is 59.2 Å². The van der Waals surface area contributed by atoms with Gasteiger partial charge >= 0.3 is 0 Å². The molecule has 1 aliphatic heterocycles. The zero-order chi connectivity index (χ0) is 20.1. The van der Waals surface area contributed by atoms with Crippen molar-refractivity contribution in [2.24, 2.45) is 5.92 Å². The Morgan fingerprint density at radius 1 is 1.14 bits per heavy atom. The molecule has 2 aromatic carbocycles. The quantitative estimate of drug-likeness (QED) is 0.797. The highest BCUT2D eigenvalue weighted by atomic mass is 16.5. The first kappa shape index (κ1) is 20.2. The monoisotopic (exact) mass is 382 g/mol. The summed E-state index contributed by atoms with van der Waals surface area (Å²) < 4.78 is 11.0. The predicted octanol–water partition coefficient (Wildman–Crippen LogP) is 3.42. The van der Waals surface area contributed by atoms with E-state index in [-0.39, 0.29) is 11.9 Å². The third-order valence-corrected chi connectivity index (χ3v) is 5.14. The summed E-state index contributed by atoms with van der Waals surface area (Å²) in [6.07, 6.45) is 0.872. The van der Waals surface area contributed by atoms with E-state index in [0.717, 1.165) is 18.7 Å². The number of nitrogens with zero attached hydrogens (tertiary/aromatic N) is 1. The average molecular weight is 383 g/mol. The van der Waals surface area contributed by atoms with Gasteiger partial charge in [-0.15, -0.1) is 0 Å². The van der Waals surface area contributed by atoms with Gasteiger partial charge in [-0.25, -0.2) is 0 Å². The molecule has 0 aromatic heterocycles. The van der Waals surface area contributed by atoms with Crippen LogP contribution in [0.5, 0.6) is 11.5 Å². The minimum absolute atomic E-state index is 0.00885. The van der Waals surface area contributed by atoms with Crippen LogP contribution in [0.25, 0.3) is 0 Å². The van der Waals surface area contributed by atoms with Gasteiger partial charge in [0.1, 0.15) is 0 Å². The lowest BCUT2D eigenvalue weighted by Gasteiger charge is -2.37. The second-order valence-corrected chi connectivity index (χ2v) is 7.64. The second-order valence-electron chi connectivity index (χ2n) is 7.64. The lowest BCUT2D eigenvalue weighted by molar-refractivity contribution is -0.122. The van der Waals surface area contributed by atoms with E-state index < -0.39 is 0 Å². The molecule has 3 rings (SSSR count). The Bertz CT molecular complexity index is 805. The largest absolute Gasteiger partial charge is 0.493 e. The van der Waals surface area contributed by atoms with Crippen LogP contribution < -0.4 is 14.8 Å². The first-order valence-electron chi connectivity index (χ1n) is 9.84. The second kappa shape index (κ2) is 9.11. The molecule has 1 amide bonds. The number of hydrogen-bond acceptors (Lipinski definition) is 4. The molecule has 150 valence electrons. The van der Waals surface area contributed by atoms with E-state index in [1.165, 1.54) is 16.7 Å². The lowest BCUT2D eigenvalue weighted by atomic mass is 9.87. The zero-order valence-corrected chi connectivity index (χ0v) is 17.2. The molecule has 0 aliphatic carbocycles. The van der Waals surface area contributed by atoms with Crippen LogP contribution in [0.15, 0.2) is 42.5 Å². The van der Waals surface area contributed by atoms with Crippen LogP contribution in [-0.2, 0) is 11.2 Å². The summed E-state index contributed by atoms with van der Waals surface area (Å²) in [6, 6.07) is 14.5.